The van der Waals surface area contributed by atoms with Crippen molar-refractivity contribution in [2.75, 3.05) is 43.9 Å². The third kappa shape index (κ3) is 3.65. The Morgan fingerprint density at radius 3 is 2.76 bits per heavy atom. The molecule has 0 radical (unpaired) electrons. The average Bonchev–Trinajstić information content (AvgIpc) is 2.89. The van der Waals surface area contributed by atoms with Gasteiger partial charge in [-0.1, -0.05) is 18.3 Å². The summed E-state index contributed by atoms with van der Waals surface area (Å²) in [5.74, 6) is 0.615. The van der Waals surface area contributed by atoms with Gasteiger partial charge in [0.1, 0.15) is 10.7 Å². The lowest BCUT2D eigenvalue weighted by Crippen LogP contribution is -2.39. The minimum atomic E-state index is -0.0301. The van der Waals surface area contributed by atoms with E-state index in [2.05, 4.69) is 11.9 Å². The SMILES string of the molecule is CCCN(C)c1nc(N)c(C(=O)N2CCC(CO)CC2)s1. The summed E-state index contributed by atoms with van der Waals surface area (Å²) in [6.07, 6.45) is 2.72. The van der Waals surface area contributed by atoms with Crippen LogP contribution in [0.2, 0.25) is 0 Å². The molecule has 1 saturated heterocycles. The number of piperidine rings is 1. The van der Waals surface area contributed by atoms with E-state index in [0.29, 0.717) is 29.7 Å². The standard InChI is InChI=1S/C14H24N4O2S/c1-3-6-17(2)14-16-12(15)11(21-14)13(20)18-7-4-10(9-19)5-8-18/h10,19H,3-9,15H2,1-2H3. The topological polar surface area (TPSA) is 82.7 Å². The first-order valence-electron chi connectivity index (χ1n) is 7.44. The number of aliphatic hydroxyl groups is 1. The maximum absolute atomic E-state index is 12.5. The van der Waals surface area contributed by atoms with Gasteiger partial charge in [-0.2, -0.15) is 0 Å². The van der Waals surface area contributed by atoms with E-state index in [4.69, 9.17) is 10.8 Å². The first-order valence-corrected chi connectivity index (χ1v) is 8.26. The van der Waals surface area contributed by atoms with Crippen molar-refractivity contribution >= 4 is 28.2 Å². The Morgan fingerprint density at radius 1 is 1.52 bits per heavy atom. The number of hydrogen-bond donors (Lipinski definition) is 2. The van der Waals surface area contributed by atoms with Gasteiger partial charge in [0.05, 0.1) is 0 Å². The van der Waals surface area contributed by atoms with E-state index in [1.54, 1.807) is 0 Å². The van der Waals surface area contributed by atoms with Gasteiger partial charge in [0.15, 0.2) is 5.13 Å². The second kappa shape index (κ2) is 7.09. The number of amides is 1. The molecule has 0 spiro atoms. The van der Waals surface area contributed by atoms with E-state index >= 15 is 0 Å². The van der Waals surface area contributed by atoms with E-state index in [1.807, 2.05) is 16.8 Å². The zero-order chi connectivity index (χ0) is 15.4. The number of likely N-dealkylation sites (tertiary alicyclic amines) is 1. The highest BCUT2D eigenvalue weighted by Gasteiger charge is 2.27. The van der Waals surface area contributed by atoms with Crippen molar-refractivity contribution in [1.29, 1.82) is 0 Å². The largest absolute Gasteiger partial charge is 0.396 e. The number of aliphatic hydroxyl groups excluding tert-OH is 1. The maximum Gasteiger partial charge on any atom is 0.267 e. The molecular weight excluding hydrogens is 288 g/mol. The van der Waals surface area contributed by atoms with Crippen molar-refractivity contribution < 1.29 is 9.90 Å². The zero-order valence-corrected chi connectivity index (χ0v) is 13.5. The van der Waals surface area contributed by atoms with E-state index < -0.39 is 0 Å². The van der Waals surface area contributed by atoms with Crippen LogP contribution in [0.15, 0.2) is 0 Å². The summed E-state index contributed by atoms with van der Waals surface area (Å²) in [4.78, 5) is 21.2. The molecule has 2 heterocycles. The lowest BCUT2D eigenvalue weighted by Gasteiger charge is -2.30. The van der Waals surface area contributed by atoms with Crippen LogP contribution in [0.1, 0.15) is 35.9 Å². The van der Waals surface area contributed by atoms with Crippen molar-refractivity contribution in [1.82, 2.24) is 9.88 Å². The van der Waals surface area contributed by atoms with Crippen molar-refractivity contribution in [3.63, 3.8) is 0 Å². The molecule has 1 amide bonds. The zero-order valence-electron chi connectivity index (χ0n) is 12.7. The van der Waals surface area contributed by atoms with Crippen molar-refractivity contribution in [3.8, 4) is 0 Å². The Labute approximate surface area is 129 Å². The van der Waals surface area contributed by atoms with Crippen LogP contribution < -0.4 is 10.6 Å². The van der Waals surface area contributed by atoms with Gasteiger partial charge in [-0.25, -0.2) is 4.98 Å². The second-order valence-corrected chi connectivity index (χ2v) is 6.53. The Bertz CT molecular complexity index is 483. The molecule has 1 fully saturated rings. The summed E-state index contributed by atoms with van der Waals surface area (Å²) in [6.45, 7) is 4.56. The number of anilines is 2. The van der Waals surface area contributed by atoms with Crippen LogP contribution >= 0.6 is 11.3 Å². The molecular formula is C14H24N4O2S. The highest BCUT2D eigenvalue weighted by atomic mass is 32.1. The number of hydrogen-bond acceptors (Lipinski definition) is 6. The summed E-state index contributed by atoms with van der Waals surface area (Å²) >= 11 is 1.37. The maximum atomic E-state index is 12.5. The minimum absolute atomic E-state index is 0.0301. The van der Waals surface area contributed by atoms with E-state index in [9.17, 15) is 4.79 Å². The highest BCUT2D eigenvalue weighted by Crippen LogP contribution is 2.30. The summed E-state index contributed by atoms with van der Waals surface area (Å²) in [7, 11) is 1.96. The lowest BCUT2D eigenvalue weighted by molar-refractivity contribution is 0.0656. The number of nitrogens with zero attached hydrogens (tertiary/aromatic N) is 3. The van der Waals surface area contributed by atoms with Gasteiger partial charge in [0, 0.05) is 33.3 Å². The first kappa shape index (κ1) is 16.0. The monoisotopic (exact) mass is 312 g/mol. The van der Waals surface area contributed by atoms with Crippen LogP contribution in [0, 0.1) is 5.92 Å². The molecule has 3 N–H and O–H groups in total. The predicted molar refractivity (Wildman–Crippen MR) is 85.8 cm³/mol. The molecule has 1 aromatic rings. The molecule has 2 rings (SSSR count). The molecule has 7 heteroatoms. The van der Waals surface area contributed by atoms with Gasteiger partial charge < -0.3 is 20.6 Å². The van der Waals surface area contributed by atoms with Crippen LogP contribution in [0.4, 0.5) is 10.9 Å². The van der Waals surface area contributed by atoms with E-state index in [-0.39, 0.29) is 12.5 Å². The predicted octanol–water partition coefficient (Wildman–Crippen LogP) is 1.42. The molecule has 0 bridgehead atoms. The number of nitrogen functional groups attached to an aromatic ring is 1. The molecule has 1 aliphatic rings. The molecule has 1 aliphatic heterocycles. The Balaban J connectivity index is 2.06. The molecule has 0 aromatic carbocycles. The molecule has 0 aliphatic carbocycles. The number of rotatable bonds is 5. The quantitative estimate of drug-likeness (QED) is 0.859. The van der Waals surface area contributed by atoms with Crippen molar-refractivity contribution in [3.05, 3.63) is 4.88 Å². The summed E-state index contributed by atoms with van der Waals surface area (Å²) in [5.41, 5.74) is 5.92. The number of carbonyl (C=O) groups excluding carboxylic acids is 1. The van der Waals surface area contributed by atoms with Gasteiger partial charge in [-0.15, -0.1) is 0 Å². The van der Waals surface area contributed by atoms with Gasteiger partial charge >= 0.3 is 0 Å². The van der Waals surface area contributed by atoms with E-state index in [1.165, 1.54) is 11.3 Å². The van der Waals surface area contributed by atoms with Gasteiger partial charge in [0.2, 0.25) is 0 Å². The van der Waals surface area contributed by atoms with Crippen LogP contribution in [0.5, 0.6) is 0 Å². The average molecular weight is 312 g/mol. The third-order valence-electron chi connectivity index (χ3n) is 3.88. The number of thiazole rings is 1. The number of aromatic nitrogens is 1. The molecule has 0 atom stereocenters. The molecule has 21 heavy (non-hydrogen) atoms. The Morgan fingerprint density at radius 2 is 2.19 bits per heavy atom. The van der Waals surface area contributed by atoms with Crippen LogP contribution in [-0.2, 0) is 0 Å². The highest BCUT2D eigenvalue weighted by molar-refractivity contribution is 7.18. The Hall–Kier alpha value is -1.34. The van der Waals surface area contributed by atoms with Gasteiger partial charge in [-0.3, -0.25) is 4.79 Å². The Kier molecular flexibility index (Phi) is 5.41. The molecule has 1 aromatic heterocycles. The van der Waals surface area contributed by atoms with Crippen LogP contribution in [-0.4, -0.2) is 54.2 Å². The van der Waals surface area contributed by atoms with Gasteiger partial charge in [-0.05, 0) is 25.2 Å². The fraction of sp³-hybridized carbons (Fsp3) is 0.714. The van der Waals surface area contributed by atoms with Gasteiger partial charge in [0.25, 0.3) is 5.91 Å². The number of carbonyl (C=O) groups is 1. The van der Waals surface area contributed by atoms with E-state index in [0.717, 1.165) is 30.9 Å². The molecule has 0 saturated carbocycles. The van der Waals surface area contributed by atoms with Crippen molar-refractivity contribution in [2.45, 2.75) is 26.2 Å². The summed E-state index contributed by atoms with van der Waals surface area (Å²) < 4.78 is 0. The fourth-order valence-corrected chi connectivity index (χ4v) is 3.47. The molecule has 0 unspecified atom stereocenters. The van der Waals surface area contributed by atoms with Crippen LogP contribution in [0.3, 0.4) is 0 Å². The normalized spacial score (nSPS) is 16.2. The van der Waals surface area contributed by atoms with Crippen LogP contribution in [0.25, 0.3) is 0 Å². The number of nitrogens with two attached hydrogens (primary N) is 1. The second-order valence-electron chi connectivity index (χ2n) is 5.55. The molecule has 118 valence electrons. The first-order chi connectivity index (χ1) is 10.1. The summed E-state index contributed by atoms with van der Waals surface area (Å²) in [6, 6.07) is 0. The van der Waals surface area contributed by atoms with Crippen molar-refractivity contribution in [2.24, 2.45) is 5.92 Å². The lowest BCUT2D eigenvalue weighted by atomic mass is 9.98. The summed E-state index contributed by atoms with van der Waals surface area (Å²) in [5, 5.41) is 9.95. The smallest absolute Gasteiger partial charge is 0.267 e. The third-order valence-corrected chi connectivity index (χ3v) is 5.06. The minimum Gasteiger partial charge on any atom is -0.396 e. The fourth-order valence-electron chi connectivity index (χ4n) is 2.53. The molecule has 6 nitrogen and oxygen atoms in total.